The maximum absolute atomic E-state index is 10.9. The van der Waals surface area contributed by atoms with Crippen molar-refractivity contribution >= 4 is 11.7 Å². The number of carboxylic acids is 1. The largest absolute Gasteiger partial charge is 0.478 e. The van der Waals surface area contributed by atoms with Crippen LogP contribution in [-0.4, -0.2) is 26.0 Å². The molecular weight excluding hydrogens is 266 g/mol. The Morgan fingerprint density at radius 2 is 2.00 bits per heavy atom. The van der Waals surface area contributed by atoms with Crippen molar-refractivity contribution in [2.24, 2.45) is 0 Å². The number of aromatic nitrogens is 2. The number of carbonyl (C=O) groups is 1. The van der Waals surface area contributed by atoms with Gasteiger partial charge in [-0.25, -0.2) is 4.79 Å². The van der Waals surface area contributed by atoms with E-state index in [4.69, 9.17) is 9.84 Å². The Hall–Kier alpha value is -3.03. The van der Waals surface area contributed by atoms with Gasteiger partial charge in [-0.05, 0) is 24.6 Å². The van der Waals surface area contributed by atoms with Crippen molar-refractivity contribution < 1.29 is 19.6 Å². The number of hydrogen-bond donors (Lipinski definition) is 1. The SMILES string of the molecule is Cc1ccc(C(=O)O)cc1Oc1ncc([N+](=O)[O-])cn1. The monoisotopic (exact) mass is 275 g/mol. The summed E-state index contributed by atoms with van der Waals surface area (Å²) in [5.74, 6) is -0.807. The summed E-state index contributed by atoms with van der Waals surface area (Å²) in [6.45, 7) is 1.73. The minimum absolute atomic E-state index is 0.0625. The molecule has 0 spiro atoms. The molecule has 2 rings (SSSR count). The summed E-state index contributed by atoms with van der Waals surface area (Å²) in [5.41, 5.74) is 0.498. The molecule has 0 unspecified atom stereocenters. The van der Waals surface area contributed by atoms with Crippen LogP contribution in [0.5, 0.6) is 11.8 Å². The van der Waals surface area contributed by atoms with E-state index in [2.05, 4.69) is 9.97 Å². The van der Waals surface area contributed by atoms with Crippen LogP contribution in [0.1, 0.15) is 15.9 Å². The van der Waals surface area contributed by atoms with E-state index in [0.29, 0.717) is 5.56 Å². The predicted molar refractivity (Wildman–Crippen MR) is 66.9 cm³/mol. The molecule has 0 saturated carbocycles. The van der Waals surface area contributed by atoms with Crippen molar-refractivity contribution in [3.8, 4) is 11.8 Å². The van der Waals surface area contributed by atoms with E-state index >= 15 is 0 Å². The van der Waals surface area contributed by atoms with Gasteiger partial charge in [-0.2, -0.15) is 9.97 Å². The van der Waals surface area contributed by atoms with Gasteiger partial charge in [0.2, 0.25) is 0 Å². The number of ether oxygens (including phenoxy) is 1. The van der Waals surface area contributed by atoms with E-state index in [-0.39, 0.29) is 23.0 Å². The number of hydrogen-bond acceptors (Lipinski definition) is 6. The minimum atomic E-state index is -1.08. The van der Waals surface area contributed by atoms with Crippen LogP contribution in [0.25, 0.3) is 0 Å². The summed E-state index contributed by atoms with van der Waals surface area (Å²) in [6, 6.07) is 4.27. The molecule has 0 aliphatic carbocycles. The lowest BCUT2D eigenvalue weighted by molar-refractivity contribution is -0.385. The Labute approximate surface area is 112 Å². The van der Waals surface area contributed by atoms with Crippen LogP contribution in [0, 0.1) is 17.0 Å². The van der Waals surface area contributed by atoms with Gasteiger partial charge in [0, 0.05) is 0 Å². The van der Waals surface area contributed by atoms with Gasteiger partial charge in [-0.15, -0.1) is 0 Å². The molecule has 2 aromatic rings. The van der Waals surface area contributed by atoms with Crippen LogP contribution in [0.15, 0.2) is 30.6 Å². The lowest BCUT2D eigenvalue weighted by Gasteiger charge is -2.07. The summed E-state index contributed by atoms with van der Waals surface area (Å²) in [6.07, 6.45) is 2.03. The Bertz CT molecular complexity index is 669. The van der Waals surface area contributed by atoms with Crippen LogP contribution in [0.3, 0.4) is 0 Å². The summed E-state index contributed by atoms with van der Waals surface area (Å²) in [5, 5.41) is 19.4. The molecule has 1 heterocycles. The van der Waals surface area contributed by atoms with Crippen molar-refractivity contribution in [2.75, 3.05) is 0 Å². The van der Waals surface area contributed by atoms with E-state index in [0.717, 1.165) is 12.4 Å². The number of nitrogens with zero attached hydrogens (tertiary/aromatic N) is 3. The zero-order valence-corrected chi connectivity index (χ0v) is 10.3. The Morgan fingerprint density at radius 3 is 2.55 bits per heavy atom. The predicted octanol–water partition coefficient (Wildman–Crippen LogP) is 2.18. The third kappa shape index (κ3) is 2.86. The normalized spacial score (nSPS) is 10.1. The van der Waals surface area contributed by atoms with E-state index in [1.165, 1.54) is 12.1 Å². The first kappa shape index (κ1) is 13.4. The van der Waals surface area contributed by atoms with Crippen LogP contribution in [0.2, 0.25) is 0 Å². The number of benzene rings is 1. The van der Waals surface area contributed by atoms with Crippen LogP contribution >= 0.6 is 0 Å². The quantitative estimate of drug-likeness (QED) is 0.671. The van der Waals surface area contributed by atoms with Crippen molar-refractivity contribution in [1.29, 1.82) is 0 Å². The summed E-state index contributed by atoms with van der Waals surface area (Å²) < 4.78 is 5.33. The van der Waals surface area contributed by atoms with E-state index in [1.807, 2.05) is 0 Å². The molecule has 0 aliphatic heterocycles. The van der Waals surface area contributed by atoms with E-state index in [9.17, 15) is 14.9 Å². The topological polar surface area (TPSA) is 115 Å². The van der Waals surface area contributed by atoms with Gasteiger partial charge in [0.05, 0.1) is 10.5 Å². The van der Waals surface area contributed by atoms with Crippen molar-refractivity contribution in [1.82, 2.24) is 9.97 Å². The molecule has 20 heavy (non-hydrogen) atoms. The first-order valence-electron chi connectivity index (χ1n) is 5.45. The molecule has 102 valence electrons. The molecular formula is C12H9N3O5. The highest BCUT2D eigenvalue weighted by molar-refractivity contribution is 5.88. The molecule has 0 saturated heterocycles. The molecule has 8 heteroatoms. The molecule has 0 bridgehead atoms. The second-order valence-corrected chi connectivity index (χ2v) is 3.87. The second kappa shape index (κ2) is 5.31. The average molecular weight is 275 g/mol. The van der Waals surface area contributed by atoms with Gasteiger partial charge >= 0.3 is 17.7 Å². The number of aryl methyl sites for hydroxylation is 1. The van der Waals surface area contributed by atoms with Gasteiger partial charge < -0.3 is 9.84 Å². The number of rotatable bonds is 4. The molecule has 0 radical (unpaired) electrons. The van der Waals surface area contributed by atoms with E-state index in [1.54, 1.807) is 13.0 Å². The molecule has 0 aliphatic rings. The Morgan fingerprint density at radius 1 is 1.35 bits per heavy atom. The minimum Gasteiger partial charge on any atom is -0.478 e. The molecule has 1 aromatic heterocycles. The zero-order valence-electron chi connectivity index (χ0n) is 10.3. The highest BCUT2D eigenvalue weighted by atomic mass is 16.6. The maximum atomic E-state index is 10.9. The lowest BCUT2D eigenvalue weighted by atomic mass is 10.1. The fourth-order valence-corrected chi connectivity index (χ4v) is 1.40. The second-order valence-electron chi connectivity index (χ2n) is 3.87. The molecule has 8 nitrogen and oxygen atoms in total. The fourth-order valence-electron chi connectivity index (χ4n) is 1.40. The Balaban J connectivity index is 2.27. The number of nitro groups is 1. The van der Waals surface area contributed by atoms with Gasteiger partial charge in [-0.3, -0.25) is 10.1 Å². The standard InChI is InChI=1S/C12H9N3O5/c1-7-2-3-8(11(16)17)4-10(7)20-12-13-5-9(6-14-12)15(18)19/h2-6H,1H3,(H,16,17). The van der Waals surface area contributed by atoms with Crippen LogP contribution in [-0.2, 0) is 0 Å². The Kier molecular flexibility index (Phi) is 3.56. The van der Waals surface area contributed by atoms with Crippen molar-refractivity contribution in [2.45, 2.75) is 6.92 Å². The van der Waals surface area contributed by atoms with Gasteiger partial charge in [0.25, 0.3) is 0 Å². The summed E-state index contributed by atoms with van der Waals surface area (Å²) in [4.78, 5) is 28.1. The summed E-state index contributed by atoms with van der Waals surface area (Å²) in [7, 11) is 0. The highest BCUT2D eigenvalue weighted by Crippen LogP contribution is 2.24. The molecule has 1 N–H and O–H groups in total. The smallest absolute Gasteiger partial charge is 0.335 e. The molecule has 1 aromatic carbocycles. The van der Waals surface area contributed by atoms with Crippen LogP contribution < -0.4 is 4.74 Å². The fraction of sp³-hybridized carbons (Fsp3) is 0.0833. The average Bonchev–Trinajstić information content (AvgIpc) is 2.41. The highest BCUT2D eigenvalue weighted by Gasteiger charge is 2.11. The first-order valence-corrected chi connectivity index (χ1v) is 5.45. The lowest BCUT2D eigenvalue weighted by Crippen LogP contribution is -1.99. The molecule has 0 fully saturated rings. The van der Waals surface area contributed by atoms with Crippen molar-refractivity contribution in [3.05, 3.63) is 51.8 Å². The first-order chi connectivity index (χ1) is 9.47. The third-order valence-electron chi connectivity index (χ3n) is 2.46. The number of aromatic carboxylic acids is 1. The van der Waals surface area contributed by atoms with Gasteiger partial charge in [-0.1, -0.05) is 6.07 Å². The molecule has 0 atom stereocenters. The molecule has 0 amide bonds. The van der Waals surface area contributed by atoms with Crippen LogP contribution in [0.4, 0.5) is 5.69 Å². The van der Waals surface area contributed by atoms with E-state index < -0.39 is 10.9 Å². The van der Waals surface area contributed by atoms with Gasteiger partial charge in [0.15, 0.2) is 0 Å². The zero-order chi connectivity index (χ0) is 14.7. The van der Waals surface area contributed by atoms with Gasteiger partial charge in [0.1, 0.15) is 18.1 Å². The van der Waals surface area contributed by atoms with Crippen molar-refractivity contribution in [3.63, 3.8) is 0 Å². The number of carboxylic acid groups (broad SMARTS) is 1. The maximum Gasteiger partial charge on any atom is 0.335 e. The third-order valence-corrected chi connectivity index (χ3v) is 2.46. The summed E-state index contributed by atoms with van der Waals surface area (Å²) >= 11 is 0.